The van der Waals surface area contributed by atoms with E-state index in [4.69, 9.17) is 16.3 Å². The van der Waals surface area contributed by atoms with Gasteiger partial charge in [-0.1, -0.05) is 37.1 Å². The molecule has 1 unspecified atom stereocenters. The maximum absolute atomic E-state index is 12.3. The summed E-state index contributed by atoms with van der Waals surface area (Å²) in [5, 5.41) is 13.9. The van der Waals surface area contributed by atoms with Gasteiger partial charge in [-0.25, -0.2) is 0 Å². The predicted octanol–water partition coefficient (Wildman–Crippen LogP) is 4.23. The highest BCUT2D eigenvalue weighted by molar-refractivity contribution is 6.46. The third-order valence-electron chi connectivity index (χ3n) is 4.37. The molecule has 0 aromatic heterocycles. The van der Waals surface area contributed by atoms with Crippen LogP contribution in [0.15, 0.2) is 54.1 Å². The van der Waals surface area contributed by atoms with Crippen LogP contribution in [0.4, 0.5) is 0 Å². The van der Waals surface area contributed by atoms with Crippen LogP contribution in [0.25, 0.3) is 5.76 Å². The Kier molecular flexibility index (Phi) is 5.81. The number of amides is 1. The molecule has 6 heteroatoms. The lowest BCUT2D eigenvalue weighted by molar-refractivity contribution is -0.133. The normalized spacial score (nSPS) is 18.4. The first-order valence-corrected chi connectivity index (χ1v) is 9.16. The largest absolute Gasteiger partial charge is 0.507 e. The summed E-state index contributed by atoms with van der Waals surface area (Å²) < 4.78 is 5.60. The number of ether oxygens (including phenoxy) is 1. The summed E-state index contributed by atoms with van der Waals surface area (Å²) in [5.41, 5.74) is 1.14. The second-order valence-electron chi connectivity index (χ2n) is 6.28. The average molecular weight is 386 g/mol. The van der Waals surface area contributed by atoms with Gasteiger partial charge in [-0.15, -0.1) is 0 Å². The van der Waals surface area contributed by atoms with E-state index in [1.165, 1.54) is 0 Å². The van der Waals surface area contributed by atoms with Crippen molar-refractivity contribution in [3.05, 3.63) is 70.3 Å². The Morgan fingerprint density at radius 1 is 1.11 bits per heavy atom. The van der Waals surface area contributed by atoms with E-state index in [0.29, 0.717) is 28.5 Å². The van der Waals surface area contributed by atoms with Gasteiger partial charge in [-0.2, -0.15) is 0 Å². The Hall–Kier alpha value is -2.79. The summed E-state index contributed by atoms with van der Waals surface area (Å²) in [5.74, 6) is -1.02. The first-order chi connectivity index (χ1) is 13.0. The molecule has 1 amide bonds. The van der Waals surface area contributed by atoms with Gasteiger partial charge >= 0.3 is 0 Å². The Bertz CT molecular complexity index is 872. The number of rotatable bonds is 6. The Balaban J connectivity index is 1.91. The molecule has 27 heavy (non-hydrogen) atoms. The van der Waals surface area contributed by atoms with Crippen molar-refractivity contribution >= 4 is 29.1 Å². The fraction of sp³-hybridized carbons (Fsp3) is 0.238. The molecule has 1 saturated heterocycles. The van der Waals surface area contributed by atoms with Crippen LogP contribution in [-0.2, 0) is 9.59 Å². The molecule has 0 bridgehead atoms. The first kappa shape index (κ1) is 19.0. The minimum atomic E-state index is -0.740. The number of hydrogen-bond acceptors (Lipinski definition) is 4. The van der Waals surface area contributed by atoms with Gasteiger partial charge in [0.05, 0.1) is 18.2 Å². The second-order valence-corrected chi connectivity index (χ2v) is 6.71. The Morgan fingerprint density at radius 3 is 2.41 bits per heavy atom. The summed E-state index contributed by atoms with van der Waals surface area (Å²) in [6.07, 6.45) is 2.00. The zero-order valence-corrected chi connectivity index (χ0v) is 15.6. The van der Waals surface area contributed by atoms with Gasteiger partial charge in [0.15, 0.2) is 0 Å². The molecule has 1 aliphatic rings. The average Bonchev–Trinajstić information content (AvgIpc) is 2.97. The Morgan fingerprint density at radius 2 is 1.78 bits per heavy atom. The fourth-order valence-corrected chi connectivity index (χ4v) is 3.00. The summed E-state index contributed by atoms with van der Waals surface area (Å²) in [7, 11) is 0. The van der Waals surface area contributed by atoms with Crippen molar-refractivity contribution in [2.75, 3.05) is 6.61 Å². The van der Waals surface area contributed by atoms with E-state index in [0.717, 1.165) is 12.8 Å². The minimum Gasteiger partial charge on any atom is -0.507 e. The van der Waals surface area contributed by atoms with Crippen LogP contribution in [0.2, 0.25) is 5.02 Å². The number of Topliss-reactive ketones (excluding diaryl/α,β-unsaturated/α-hetero) is 1. The summed E-state index contributed by atoms with van der Waals surface area (Å²) in [6.45, 7) is 2.71. The predicted molar refractivity (Wildman–Crippen MR) is 104 cm³/mol. The Labute approximate surface area is 162 Å². The molecule has 3 rings (SSSR count). The minimum absolute atomic E-state index is 0.0296. The van der Waals surface area contributed by atoms with Crippen molar-refractivity contribution < 1.29 is 19.4 Å². The highest BCUT2D eigenvalue weighted by Crippen LogP contribution is 2.33. The fourth-order valence-electron chi connectivity index (χ4n) is 2.87. The summed E-state index contributed by atoms with van der Waals surface area (Å²) in [4.78, 5) is 24.3. The molecule has 140 valence electrons. The lowest BCUT2D eigenvalue weighted by Gasteiger charge is -2.14. The van der Waals surface area contributed by atoms with E-state index >= 15 is 0 Å². The van der Waals surface area contributed by atoms with Crippen molar-refractivity contribution in [2.45, 2.75) is 25.8 Å². The number of aliphatic hydroxyl groups is 1. The van der Waals surface area contributed by atoms with E-state index in [1.54, 1.807) is 48.5 Å². The number of benzene rings is 2. The van der Waals surface area contributed by atoms with Crippen molar-refractivity contribution in [2.24, 2.45) is 0 Å². The van der Waals surface area contributed by atoms with Crippen LogP contribution in [0.5, 0.6) is 5.75 Å². The molecule has 1 aliphatic heterocycles. The molecule has 2 N–H and O–H groups in total. The topological polar surface area (TPSA) is 75.6 Å². The summed E-state index contributed by atoms with van der Waals surface area (Å²) >= 11 is 5.90. The van der Waals surface area contributed by atoms with Gasteiger partial charge in [-0.3, -0.25) is 9.59 Å². The molecule has 2 aromatic rings. The van der Waals surface area contributed by atoms with Crippen molar-refractivity contribution in [1.29, 1.82) is 0 Å². The molecule has 0 aliphatic carbocycles. The van der Waals surface area contributed by atoms with Gasteiger partial charge < -0.3 is 15.2 Å². The van der Waals surface area contributed by atoms with Crippen molar-refractivity contribution in [1.82, 2.24) is 5.32 Å². The molecule has 0 spiro atoms. The molecular formula is C21H20ClNO4. The van der Waals surface area contributed by atoms with E-state index in [9.17, 15) is 14.7 Å². The molecule has 1 atom stereocenters. The maximum Gasteiger partial charge on any atom is 0.293 e. The third-order valence-corrected chi connectivity index (χ3v) is 4.62. The summed E-state index contributed by atoms with van der Waals surface area (Å²) in [6, 6.07) is 12.8. The number of carbonyl (C=O) groups is 2. The number of halogens is 1. The number of nitrogens with one attached hydrogen (secondary N) is 1. The molecule has 5 nitrogen and oxygen atoms in total. The number of ketones is 1. The van der Waals surface area contributed by atoms with Crippen LogP contribution in [0.3, 0.4) is 0 Å². The van der Waals surface area contributed by atoms with Crippen molar-refractivity contribution in [3.8, 4) is 5.75 Å². The highest BCUT2D eigenvalue weighted by Gasteiger charge is 2.39. The monoisotopic (exact) mass is 385 g/mol. The molecular weight excluding hydrogens is 366 g/mol. The van der Waals surface area contributed by atoms with Gasteiger partial charge in [0.2, 0.25) is 0 Å². The van der Waals surface area contributed by atoms with Crippen LogP contribution >= 0.6 is 11.6 Å². The van der Waals surface area contributed by atoms with Gasteiger partial charge in [0.1, 0.15) is 11.5 Å². The van der Waals surface area contributed by atoms with Crippen molar-refractivity contribution in [3.63, 3.8) is 0 Å². The lowest BCUT2D eigenvalue weighted by atomic mass is 9.96. The standard InChI is InChI=1S/C21H20ClNO4/c1-2-3-12-27-16-10-6-14(7-11-16)19(24)17-18(23-21(26)20(17)25)13-4-8-15(22)9-5-13/h4-11,18,24H,2-3,12H2,1H3,(H,23,26). The quantitative estimate of drug-likeness (QED) is 0.338. The molecule has 1 heterocycles. The van der Waals surface area contributed by atoms with Gasteiger partial charge in [0, 0.05) is 10.6 Å². The van der Waals surface area contributed by atoms with E-state index in [-0.39, 0.29) is 11.3 Å². The molecule has 2 aromatic carbocycles. The molecule has 0 saturated carbocycles. The SMILES string of the molecule is CCCCOc1ccc(C(O)=C2C(=O)C(=O)NC2c2ccc(Cl)cc2)cc1. The number of aliphatic hydroxyl groups excluding tert-OH is 1. The van der Waals surface area contributed by atoms with Crippen LogP contribution in [0, 0.1) is 0 Å². The number of unbranched alkanes of at least 4 members (excludes halogenated alkanes) is 1. The van der Waals surface area contributed by atoms with Gasteiger partial charge in [-0.05, 0) is 48.4 Å². The van der Waals surface area contributed by atoms with Crippen LogP contribution in [-0.4, -0.2) is 23.4 Å². The first-order valence-electron chi connectivity index (χ1n) is 8.78. The second kappa shape index (κ2) is 8.27. The van der Waals surface area contributed by atoms with Gasteiger partial charge in [0.25, 0.3) is 11.7 Å². The number of hydrogen-bond donors (Lipinski definition) is 2. The highest BCUT2D eigenvalue weighted by atomic mass is 35.5. The zero-order chi connectivity index (χ0) is 19.4. The van der Waals surface area contributed by atoms with E-state index < -0.39 is 17.7 Å². The number of carbonyl (C=O) groups excluding carboxylic acids is 2. The van der Waals surface area contributed by atoms with Crippen LogP contribution in [0.1, 0.15) is 36.9 Å². The molecule has 1 fully saturated rings. The molecule has 0 radical (unpaired) electrons. The van der Waals surface area contributed by atoms with Crippen LogP contribution < -0.4 is 10.1 Å². The maximum atomic E-state index is 12.3. The van der Waals surface area contributed by atoms with E-state index in [1.807, 2.05) is 0 Å². The van der Waals surface area contributed by atoms with E-state index in [2.05, 4.69) is 12.2 Å². The lowest BCUT2D eigenvalue weighted by Crippen LogP contribution is -2.21. The smallest absolute Gasteiger partial charge is 0.293 e. The third kappa shape index (κ3) is 4.14. The zero-order valence-electron chi connectivity index (χ0n) is 14.9.